The van der Waals surface area contributed by atoms with Crippen LogP contribution in [-0.4, -0.2) is 27.9 Å². The molecule has 0 unspecified atom stereocenters. The van der Waals surface area contributed by atoms with Crippen molar-refractivity contribution < 1.29 is 0 Å². The average molecular weight is 1230 g/mol. The number of anilines is 12. The van der Waals surface area contributed by atoms with Crippen molar-refractivity contribution in [3.63, 3.8) is 0 Å². The summed E-state index contributed by atoms with van der Waals surface area (Å²) in [5.41, 5.74) is 33.3. The maximum atomic E-state index is 2.76. The Balaban J connectivity index is 1.08. The van der Waals surface area contributed by atoms with Gasteiger partial charge < -0.3 is 0 Å². The minimum absolute atomic E-state index is 0.000766. The van der Waals surface area contributed by atoms with Gasteiger partial charge in [0.15, 0.2) is 0 Å². The van der Waals surface area contributed by atoms with Crippen molar-refractivity contribution in [3.8, 4) is 22.3 Å². The molecule has 0 fully saturated rings. The Morgan fingerprint density at radius 1 is 0.258 bits per heavy atom. The molecule has 10 aromatic rings. The van der Waals surface area contributed by atoms with Gasteiger partial charge >= 0.3 is 541 Å². The third-order valence-corrected chi connectivity index (χ3v) is 22.7. The summed E-state index contributed by atoms with van der Waals surface area (Å²) in [4.78, 5) is 10.9. The summed E-state index contributed by atoms with van der Waals surface area (Å²) in [5, 5.41) is 0. The van der Waals surface area contributed by atoms with Gasteiger partial charge in [0.2, 0.25) is 0 Å². The molecular formula is C82H84B2N4Se. The normalized spacial score (nSPS) is 14.7. The fraction of sp³-hybridized carbons (Fsp3) is 0.293. The molecule has 89 heavy (non-hydrogen) atoms. The molecule has 0 amide bonds. The third kappa shape index (κ3) is 9.05. The van der Waals surface area contributed by atoms with Gasteiger partial charge in [0.1, 0.15) is 0 Å². The second-order valence-corrected chi connectivity index (χ2v) is 34.7. The zero-order chi connectivity index (χ0) is 62.6. The molecule has 4 nitrogen and oxygen atoms in total. The average Bonchev–Trinajstić information content (AvgIpc) is 1.62. The molecule has 0 aliphatic carbocycles. The van der Waals surface area contributed by atoms with E-state index in [-0.39, 0.29) is 60.4 Å². The number of benzene rings is 9. The Kier molecular flexibility index (Phi) is 12.6. The molecular weight excluding hydrogens is 1140 g/mol. The minimum atomic E-state index is -0.102. The predicted molar refractivity (Wildman–Crippen MR) is 388 cm³/mol. The van der Waals surface area contributed by atoms with Gasteiger partial charge in [-0.3, -0.25) is 0 Å². The summed E-state index contributed by atoms with van der Waals surface area (Å²) in [7, 11) is 0. The van der Waals surface area contributed by atoms with Crippen molar-refractivity contribution in [2.75, 3.05) is 19.6 Å². The van der Waals surface area contributed by atoms with E-state index < -0.39 is 0 Å². The molecule has 0 radical (unpaired) electrons. The predicted octanol–water partition coefficient (Wildman–Crippen LogP) is 18.3. The molecule has 444 valence electrons. The molecule has 1 aromatic heterocycles. The van der Waals surface area contributed by atoms with E-state index >= 15 is 0 Å². The Morgan fingerprint density at radius 2 is 0.607 bits per heavy atom. The molecule has 15 rings (SSSR count). The van der Waals surface area contributed by atoms with Crippen molar-refractivity contribution in [2.45, 2.75) is 157 Å². The van der Waals surface area contributed by atoms with Crippen LogP contribution >= 0.6 is 0 Å². The van der Waals surface area contributed by atoms with Gasteiger partial charge in [0.25, 0.3) is 0 Å². The molecule has 6 heterocycles. The van der Waals surface area contributed by atoms with E-state index in [1.165, 1.54) is 146 Å². The SMILES string of the molecule is CC(C)(C)c1cc(N2c3ccc(C(C)(C)C)cc3B3c4[se]c5c6c4N(c4ccccc4N6c4cc(-c6ccccc6)cc6c4B5c4ccc(C(C)(C)C)cc4N6c4cc(C(C)(C)C)cc(C(C)(C)C)c4)c4cc(-c5ccccc5)cc2c43)cc(C(C)(C)C)c1. The first-order valence-electron chi connectivity index (χ1n) is 32.5. The van der Waals surface area contributed by atoms with Crippen LogP contribution in [0, 0.1) is 0 Å². The van der Waals surface area contributed by atoms with Gasteiger partial charge in [-0.2, -0.15) is 0 Å². The third-order valence-electron chi connectivity index (χ3n) is 20.0. The van der Waals surface area contributed by atoms with Crippen LogP contribution < -0.4 is 50.1 Å². The molecule has 0 atom stereocenters. The quantitative estimate of drug-likeness (QED) is 0.163. The van der Waals surface area contributed by atoms with E-state index in [4.69, 9.17) is 0 Å². The van der Waals surface area contributed by atoms with Crippen molar-refractivity contribution in [1.82, 2.24) is 0 Å². The van der Waals surface area contributed by atoms with Gasteiger partial charge in [0.05, 0.1) is 0 Å². The number of fused-ring (bicyclic) bond motifs is 11. The van der Waals surface area contributed by atoms with Crippen LogP contribution in [0.15, 0.2) is 182 Å². The number of nitrogens with zero attached hydrogens (tertiary/aromatic N) is 4. The summed E-state index contributed by atoms with van der Waals surface area (Å²) in [5.74, 6) is 0. The van der Waals surface area contributed by atoms with Crippen molar-refractivity contribution >= 4 is 127 Å². The van der Waals surface area contributed by atoms with Gasteiger partial charge in [-0.25, -0.2) is 0 Å². The molecule has 0 bridgehead atoms. The van der Waals surface area contributed by atoms with Crippen molar-refractivity contribution in [1.29, 1.82) is 0 Å². The molecule has 0 N–H and O–H groups in total. The monoisotopic (exact) mass is 1230 g/mol. The Hall–Kier alpha value is -7.69. The molecule has 0 saturated carbocycles. The first-order valence-corrected chi connectivity index (χ1v) is 34.2. The maximum absolute atomic E-state index is 2.76. The van der Waals surface area contributed by atoms with E-state index in [9.17, 15) is 0 Å². The zero-order valence-electron chi connectivity index (χ0n) is 55.7. The second-order valence-electron chi connectivity index (χ2n) is 32.4. The fourth-order valence-electron chi connectivity index (χ4n) is 14.8. The van der Waals surface area contributed by atoms with Crippen LogP contribution in [0.5, 0.6) is 0 Å². The standard InChI is InChI=1S/C82H84B2N4Se/c1-77(2,3)53-34-36-63-62(47-53)84-72-67(85(63)59-43-55(79(7,8)9)41-56(44-59)80(10,11)12)37-51(49-27-21-19-22-28-49)40-70(72)88-65-32-26-25-31-64(65)87-69-39-52(50-29-23-20-24-30-50)38-68-71(69)83(75-73(87)74(88)76(84)89-75)61-35-33-54(78(4,5)6)48-66(61)86(68)60-45-57(81(13,14)15)42-58(46-60)82(16,17)18/h19-48H,1-18H3. The van der Waals surface area contributed by atoms with Gasteiger partial charge in [0, 0.05) is 0 Å². The number of hydrogen-bond acceptors (Lipinski definition) is 4. The van der Waals surface area contributed by atoms with E-state index in [1.54, 1.807) is 8.67 Å². The Labute approximate surface area is 537 Å². The van der Waals surface area contributed by atoms with Gasteiger partial charge in [-0.05, 0) is 0 Å². The Bertz CT molecular complexity index is 4520. The van der Waals surface area contributed by atoms with Crippen molar-refractivity contribution in [3.05, 3.63) is 215 Å². The molecule has 0 spiro atoms. The first kappa shape index (κ1) is 57.7. The topological polar surface area (TPSA) is 13.0 Å². The van der Waals surface area contributed by atoms with E-state index in [1.807, 2.05) is 0 Å². The molecule has 0 saturated heterocycles. The van der Waals surface area contributed by atoms with E-state index in [0.29, 0.717) is 0 Å². The molecule has 5 aliphatic heterocycles. The molecule has 7 heteroatoms. The molecule has 9 aromatic carbocycles. The van der Waals surface area contributed by atoms with Crippen LogP contribution in [-0.2, 0) is 32.5 Å². The van der Waals surface area contributed by atoms with Crippen LogP contribution in [0.1, 0.15) is 158 Å². The van der Waals surface area contributed by atoms with Crippen LogP contribution in [0.25, 0.3) is 22.3 Å². The first-order chi connectivity index (χ1) is 41.9. The summed E-state index contributed by atoms with van der Waals surface area (Å²) in [6.45, 7) is 42.8. The van der Waals surface area contributed by atoms with Crippen LogP contribution in [0.3, 0.4) is 0 Å². The summed E-state index contributed by atoms with van der Waals surface area (Å²) in [6, 6.07) is 72.1. The van der Waals surface area contributed by atoms with Gasteiger partial charge in [-0.15, -0.1) is 0 Å². The fourth-order valence-corrected chi connectivity index (χ4v) is 18.0. The van der Waals surface area contributed by atoms with Crippen molar-refractivity contribution in [2.24, 2.45) is 0 Å². The summed E-state index contributed by atoms with van der Waals surface area (Å²) < 4.78 is 3.10. The second kappa shape index (κ2) is 19.4. The van der Waals surface area contributed by atoms with Crippen LogP contribution in [0.2, 0.25) is 0 Å². The van der Waals surface area contributed by atoms with E-state index in [0.717, 1.165) is 0 Å². The van der Waals surface area contributed by atoms with Crippen LogP contribution in [0.4, 0.5) is 68.2 Å². The Morgan fingerprint density at radius 3 is 1.01 bits per heavy atom. The number of hydrogen-bond donors (Lipinski definition) is 0. The molecule has 5 aliphatic rings. The van der Waals surface area contributed by atoms with Gasteiger partial charge in [-0.1, -0.05) is 0 Å². The number of para-hydroxylation sites is 2. The van der Waals surface area contributed by atoms with E-state index in [2.05, 4.69) is 326 Å². The number of rotatable bonds is 4. The summed E-state index contributed by atoms with van der Waals surface area (Å²) >= 11 is -0.102. The zero-order valence-corrected chi connectivity index (χ0v) is 57.4. The summed E-state index contributed by atoms with van der Waals surface area (Å²) in [6.07, 6.45) is 0.